The van der Waals surface area contributed by atoms with Gasteiger partial charge in [-0.1, -0.05) is 29.8 Å². The molecule has 3 aliphatic rings. The number of anilines is 1. The van der Waals surface area contributed by atoms with Crippen molar-refractivity contribution >= 4 is 40.4 Å². The molecule has 11 heteroatoms. The van der Waals surface area contributed by atoms with Crippen LogP contribution in [-0.4, -0.2) is 84.2 Å². The summed E-state index contributed by atoms with van der Waals surface area (Å²) >= 11 is 6.43. The third kappa shape index (κ3) is 4.81. The maximum Gasteiger partial charge on any atom is 0.284 e. The summed E-state index contributed by atoms with van der Waals surface area (Å²) in [5, 5.41) is 19.0. The highest BCUT2D eigenvalue weighted by molar-refractivity contribution is 6.37. The number of hydrogen-bond acceptors (Lipinski definition) is 8. The summed E-state index contributed by atoms with van der Waals surface area (Å²) in [6.45, 7) is 3.60. The number of hydrogen-bond donors (Lipinski definition) is 1. The van der Waals surface area contributed by atoms with E-state index in [2.05, 4.69) is 21.8 Å². The van der Waals surface area contributed by atoms with Crippen LogP contribution in [0.3, 0.4) is 0 Å². The van der Waals surface area contributed by atoms with Crippen molar-refractivity contribution in [3.8, 4) is 0 Å². The van der Waals surface area contributed by atoms with Gasteiger partial charge in [0.2, 0.25) is 0 Å². The van der Waals surface area contributed by atoms with Crippen molar-refractivity contribution in [2.45, 2.75) is 0 Å². The van der Waals surface area contributed by atoms with Crippen molar-refractivity contribution in [1.82, 2.24) is 9.80 Å². The van der Waals surface area contributed by atoms with Crippen LogP contribution in [-0.2, 0) is 4.79 Å². The Balaban J connectivity index is 0.00000141. The van der Waals surface area contributed by atoms with E-state index in [4.69, 9.17) is 21.7 Å². The molecule has 3 aliphatic heterocycles. The Bertz CT molecular complexity index is 1250. The molecule has 0 aliphatic carbocycles. The van der Waals surface area contributed by atoms with Gasteiger partial charge in [-0.05, 0) is 19.2 Å². The highest BCUT2D eigenvalue weighted by Gasteiger charge is 2.36. The van der Waals surface area contributed by atoms with Crippen molar-refractivity contribution in [2.75, 3.05) is 51.8 Å². The molecular weight excluding hydrogens is 472 g/mol. The number of amides is 1. The number of fused-ring (bicyclic) bond motifs is 3. The van der Waals surface area contributed by atoms with Gasteiger partial charge in [0.25, 0.3) is 11.6 Å². The first-order valence-corrected chi connectivity index (χ1v) is 11.4. The molecule has 182 valence electrons. The Morgan fingerprint density at radius 3 is 2.49 bits per heavy atom. The molecule has 1 amide bonds. The van der Waals surface area contributed by atoms with E-state index in [1.807, 2.05) is 12.1 Å². The lowest BCUT2D eigenvalue weighted by atomic mass is 9.99. The van der Waals surface area contributed by atoms with Crippen LogP contribution in [0.1, 0.15) is 11.1 Å². The number of non-ortho nitro benzene ring substituents is 1. The Hall–Kier alpha value is -3.60. The van der Waals surface area contributed by atoms with Crippen LogP contribution in [0.4, 0.5) is 11.4 Å². The van der Waals surface area contributed by atoms with Gasteiger partial charge < -0.3 is 14.9 Å². The quantitative estimate of drug-likeness (QED) is 0.396. The molecule has 10 nitrogen and oxygen atoms in total. The minimum Gasteiger partial charge on any atom is -0.400 e. The monoisotopic (exact) mass is 496 g/mol. The van der Waals surface area contributed by atoms with E-state index in [1.165, 1.54) is 17.0 Å². The zero-order valence-corrected chi connectivity index (χ0v) is 20.1. The molecule has 0 radical (unpaired) electrons. The fourth-order valence-electron chi connectivity index (χ4n) is 4.17. The zero-order valence-electron chi connectivity index (χ0n) is 19.4. The van der Waals surface area contributed by atoms with Crippen LogP contribution in [0.15, 0.2) is 64.3 Å². The number of aliphatic hydroxyl groups is 1. The largest absolute Gasteiger partial charge is 0.400 e. The number of halogens is 1. The highest BCUT2D eigenvalue weighted by Crippen LogP contribution is 2.35. The molecule has 2 aromatic carbocycles. The number of likely N-dealkylation sites (N-methyl/N-ethyl adjacent to an activating group) is 1. The first kappa shape index (κ1) is 24.5. The molecule has 0 aromatic heterocycles. The maximum atomic E-state index is 13.4. The number of piperazine rings is 1. The maximum absolute atomic E-state index is 13.4. The van der Waals surface area contributed by atoms with Gasteiger partial charge in [-0.3, -0.25) is 24.8 Å². The summed E-state index contributed by atoms with van der Waals surface area (Å²) in [6.07, 6.45) is 1.81. The van der Waals surface area contributed by atoms with Gasteiger partial charge in [0.15, 0.2) is 0 Å². The van der Waals surface area contributed by atoms with Crippen LogP contribution < -0.4 is 4.90 Å². The molecule has 2 aromatic rings. The van der Waals surface area contributed by atoms with E-state index in [-0.39, 0.29) is 18.1 Å². The zero-order chi connectivity index (χ0) is 25.1. The third-order valence-electron chi connectivity index (χ3n) is 5.97. The van der Waals surface area contributed by atoms with E-state index in [1.54, 1.807) is 24.4 Å². The standard InChI is InChI=1S/C23H21ClN6O3.CH4O/c1-27-8-10-28(11-9-27)14-19-23(31)29-20-7-6-15(30(32)33)12-17(20)22(25-13-21(29)26-19)16-4-2-3-5-18(16)24;1-2/h2-7,12,14H,8-11,13H2,1H3;2H,1H3/b19-14-;. The molecule has 0 unspecified atom stereocenters. The van der Waals surface area contributed by atoms with Crippen molar-refractivity contribution in [2.24, 2.45) is 9.98 Å². The first-order valence-electron chi connectivity index (χ1n) is 11.0. The van der Waals surface area contributed by atoms with E-state index < -0.39 is 4.92 Å². The molecule has 1 saturated heterocycles. The predicted octanol–water partition coefficient (Wildman–Crippen LogP) is 2.54. The molecule has 0 bridgehead atoms. The molecule has 3 heterocycles. The number of nitrogens with zero attached hydrogens (tertiary/aromatic N) is 6. The summed E-state index contributed by atoms with van der Waals surface area (Å²) in [6, 6.07) is 11.6. The molecule has 0 atom stereocenters. The van der Waals surface area contributed by atoms with Gasteiger partial charge >= 0.3 is 0 Å². The van der Waals surface area contributed by atoms with Crippen molar-refractivity contribution in [3.63, 3.8) is 0 Å². The van der Waals surface area contributed by atoms with Gasteiger partial charge in [0.1, 0.15) is 11.5 Å². The molecule has 0 saturated carbocycles. The lowest BCUT2D eigenvalue weighted by molar-refractivity contribution is -0.384. The van der Waals surface area contributed by atoms with Crippen molar-refractivity contribution in [3.05, 3.63) is 80.6 Å². The average molecular weight is 497 g/mol. The van der Waals surface area contributed by atoms with E-state index in [9.17, 15) is 14.9 Å². The highest BCUT2D eigenvalue weighted by atomic mass is 35.5. The van der Waals surface area contributed by atoms with E-state index in [0.29, 0.717) is 39.1 Å². The van der Waals surface area contributed by atoms with Crippen molar-refractivity contribution < 1.29 is 14.8 Å². The number of benzene rings is 2. The Morgan fingerprint density at radius 1 is 1.09 bits per heavy atom. The topological polar surface area (TPSA) is 115 Å². The van der Waals surface area contributed by atoms with Crippen LogP contribution in [0.2, 0.25) is 5.02 Å². The van der Waals surface area contributed by atoms with Crippen LogP contribution in [0.25, 0.3) is 0 Å². The summed E-state index contributed by atoms with van der Waals surface area (Å²) in [7, 11) is 3.07. The Labute approximate surface area is 207 Å². The summed E-state index contributed by atoms with van der Waals surface area (Å²) in [5.41, 5.74) is 2.36. The fraction of sp³-hybridized carbons (Fsp3) is 0.292. The summed E-state index contributed by atoms with van der Waals surface area (Å²) in [4.78, 5) is 39.6. The Kier molecular flexibility index (Phi) is 7.25. The lowest BCUT2D eigenvalue weighted by Gasteiger charge is -2.31. The van der Waals surface area contributed by atoms with Gasteiger partial charge in [0, 0.05) is 67.8 Å². The summed E-state index contributed by atoms with van der Waals surface area (Å²) < 4.78 is 0. The second-order valence-electron chi connectivity index (χ2n) is 8.13. The van der Waals surface area contributed by atoms with E-state index in [0.717, 1.165) is 33.3 Å². The number of carbonyl (C=O) groups is 1. The molecule has 1 N–H and O–H groups in total. The number of aliphatic hydroxyl groups excluding tert-OH is 1. The average Bonchev–Trinajstić information content (AvgIpc) is 3.07. The Morgan fingerprint density at radius 2 is 1.80 bits per heavy atom. The number of nitro benzene ring substituents is 1. The third-order valence-corrected chi connectivity index (χ3v) is 6.30. The molecule has 0 spiro atoms. The first-order chi connectivity index (χ1) is 16.9. The predicted molar refractivity (Wildman–Crippen MR) is 135 cm³/mol. The van der Waals surface area contributed by atoms with Crippen LogP contribution >= 0.6 is 11.6 Å². The van der Waals surface area contributed by atoms with Gasteiger partial charge in [-0.25, -0.2) is 4.99 Å². The molecular formula is C24H25ClN6O4. The smallest absolute Gasteiger partial charge is 0.284 e. The second-order valence-corrected chi connectivity index (χ2v) is 8.53. The molecule has 5 rings (SSSR count). The minimum atomic E-state index is -0.463. The SMILES string of the molecule is CN1CCN(/C=C2\N=C3CN=C(c4ccccc4Cl)c4cc([N+](=O)[O-])ccc4N3C2=O)CC1.CO. The molecule has 1 fully saturated rings. The molecule has 35 heavy (non-hydrogen) atoms. The van der Waals surface area contributed by atoms with Crippen LogP contribution in [0.5, 0.6) is 0 Å². The number of rotatable bonds is 3. The lowest BCUT2D eigenvalue weighted by Crippen LogP contribution is -2.42. The van der Waals surface area contributed by atoms with Gasteiger partial charge in [-0.15, -0.1) is 0 Å². The summed E-state index contributed by atoms with van der Waals surface area (Å²) in [5.74, 6) is 0.215. The number of amidine groups is 1. The normalized spacial score (nSPS) is 18.7. The van der Waals surface area contributed by atoms with E-state index >= 15 is 0 Å². The van der Waals surface area contributed by atoms with Gasteiger partial charge in [0.05, 0.1) is 22.9 Å². The fourth-order valence-corrected chi connectivity index (χ4v) is 4.40. The number of carbonyl (C=O) groups excluding carboxylic acids is 1. The number of aliphatic imine (C=N–C) groups is 2. The van der Waals surface area contributed by atoms with Gasteiger partial charge in [-0.2, -0.15) is 0 Å². The van der Waals surface area contributed by atoms with Crippen molar-refractivity contribution in [1.29, 1.82) is 0 Å². The number of nitro groups is 1. The minimum absolute atomic E-state index is 0.0891. The van der Waals surface area contributed by atoms with Crippen LogP contribution in [0, 0.1) is 10.1 Å². The second kappa shape index (κ2) is 10.3.